The lowest BCUT2D eigenvalue weighted by Crippen LogP contribution is -2.62. The second-order valence-electron chi connectivity index (χ2n) is 6.98. The second-order valence-corrected chi connectivity index (χ2v) is 6.98. The summed E-state index contributed by atoms with van der Waals surface area (Å²) in [5.41, 5.74) is 2.98. The predicted molar refractivity (Wildman–Crippen MR) is 83.3 cm³/mol. The highest BCUT2D eigenvalue weighted by Gasteiger charge is 2.33. The fourth-order valence-electron chi connectivity index (χ4n) is 3.95. The maximum Gasteiger partial charge on any atom is 0.0537 e. The zero-order valence-corrected chi connectivity index (χ0v) is 13.2. The van der Waals surface area contributed by atoms with Crippen LogP contribution < -0.4 is 0 Å². The number of nitrogens with zero attached hydrogens (tertiary/aromatic N) is 5. The van der Waals surface area contributed by atoms with Crippen molar-refractivity contribution < 1.29 is 0 Å². The number of aryl methyl sites for hydroxylation is 1. The highest BCUT2D eigenvalue weighted by Crippen LogP contribution is 2.23. The van der Waals surface area contributed by atoms with Crippen LogP contribution in [-0.4, -0.2) is 76.8 Å². The SMILES string of the molecule is CN1CCN(C2CN(Cc3cnn4c3CCCC4)C2)CC1. The molecule has 0 spiro atoms. The summed E-state index contributed by atoms with van der Waals surface area (Å²) in [6.07, 6.45) is 5.97. The molecule has 0 N–H and O–H groups in total. The summed E-state index contributed by atoms with van der Waals surface area (Å²) < 4.78 is 2.23. The van der Waals surface area contributed by atoms with E-state index >= 15 is 0 Å². The molecule has 0 amide bonds. The molecule has 0 radical (unpaired) electrons. The highest BCUT2D eigenvalue weighted by atomic mass is 15.3. The van der Waals surface area contributed by atoms with E-state index in [-0.39, 0.29) is 0 Å². The van der Waals surface area contributed by atoms with Gasteiger partial charge in [0.1, 0.15) is 0 Å². The van der Waals surface area contributed by atoms with E-state index in [0.29, 0.717) is 0 Å². The van der Waals surface area contributed by atoms with Crippen molar-refractivity contribution >= 4 is 0 Å². The lowest BCUT2D eigenvalue weighted by atomic mass is 10.0. The van der Waals surface area contributed by atoms with E-state index in [2.05, 4.69) is 37.7 Å². The molecular weight excluding hydrogens is 262 g/mol. The summed E-state index contributed by atoms with van der Waals surface area (Å²) in [6.45, 7) is 9.68. The lowest BCUT2D eigenvalue weighted by Gasteiger charge is -2.47. The molecule has 0 aromatic carbocycles. The van der Waals surface area contributed by atoms with Gasteiger partial charge in [-0.05, 0) is 26.3 Å². The van der Waals surface area contributed by atoms with Gasteiger partial charge in [0, 0.05) is 69.7 Å². The average Bonchev–Trinajstić information content (AvgIpc) is 2.87. The summed E-state index contributed by atoms with van der Waals surface area (Å²) >= 11 is 0. The fourth-order valence-corrected chi connectivity index (χ4v) is 3.95. The lowest BCUT2D eigenvalue weighted by molar-refractivity contribution is 0.00529. The summed E-state index contributed by atoms with van der Waals surface area (Å²) in [5, 5.41) is 4.56. The smallest absolute Gasteiger partial charge is 0.0537 e. The molecule has 0 bridgehead atoms. The maximum absolute atomic E-state index is 4.56. The number of likely N-dealkylation sites (tertiary alicyclic amines) is 1. The van der Waals surface area contributed by atoms with E-state index in [1.54, 1.807) is 0 Å². The Labute approximate surface area is 127 Å². The van der Waals surface area contributed by atoms with Gasteiger partial charge in [-0.3, -0.25) is 14.5 Å². The molecule has 21 heavy (non-hydrogen) atoms. The Balaban J connectivity index is 1.29. The third-order valence-corrected chi connectivity index (χ3v) is 5.45. The van der Waals surface area contributed by atoms with Crippen LogP contribution in [0.3, 0.4) is 0 Å². The van der Waals surface area contributed by atoms with Crippen molar-refractivity contribution in [1.29, 1.82) is 0 Å². The molecule has 5 heteroatoms. The van der Waals surface area contributed by atoms with Gasteiger partial charge in [0.25, 0.3) is 0 Å². The monoisotopic (exact) mass is 289 g/mol. The quantitative estimate of drug-likeness (QED) is 0.817. The molecule has 5 nitrogen and oxygen atoms in total. The second kappa shape index (κ2) is 5.71. The Morgan fingerprint density at radius 2 is 1.90 bits per heavy atom. The number of likely N-dealkylation sites (N-methyl/N-ethyl adjacent to an activating group) is 1. The van der Waals surface area contributed by atoms with Gasteiger partial charge in [0.2, 0.25) is 0 Å². The molecule has 2 fully saturated rings. The van der Waals surface area contributed by atoms with Gasteiger partial charge >= 0.3 is 0 Å². The minimum Gasteiger partial charge on any atom is -0.304 e. The molecule has 0 aliphatic carbocycles. The van der Waals surface area contributed by atoms with E-state index in [0.717, 1.165) is 19.1 Å². The zero-order chi connectivity index (χ0) is 14.2. The van der Waals surface area contributed by atoms with Crippen LogP contribution in [0, 0.1) is 0 Å². The molecule has 2 saturated heterocycles. The van der Waals surface area contributed by atoms with Crippen LogP contribution in [0.1, 0.15) is 24.1 Å². The first-order valence-corrected chi connectivity index (χ1v) is 8.48. The van der Waals surface area contributed by atoms with Crippen LogP contribution in [0.2, 0.25) is 0 Å². The Hall–Kier alpha value is -0.910. The van der Waals surface area contributed by atoms with Gasteiger partial charge in [0.05, 0.1) is 6.20 Å². The van der Waals surface area contributed by atoms with Crippen molar-refractivity contribution in [2.24, 2.45) is 0 Å². The van der Waals surface area contributed by atoms with Crippen molar-refractivity contribution in [3.05, 3.63) is 17.5 Å². The molecule has 116 valence electrons. The minimum absolute atomic E-state index is 0.796. The molecule has 4 rings (SSSR count). The molecule has 3 aliphatic heterocycles. The van der Waals surface area contributed by atoms with Gasteiger partial charge in [-0.25, -0.2) is 0 Å². The van der Waals surface area contributed by atoms with E-state index in [1.165, 1.54) is 69.8 Å². The van der Waals surface area contributed by atoms with Gasteiger partial charge in [0.15, 0.2) is 0 Å². The third kappa shape index (κ3) is 2.74. The summed E-state index contributed by atoms with van der Waals surface area (Å²) in [6, 6.07) is 0.796. The van der Waals surface area contributed by atoms with E-state index in [4.69, 9.17) is 0 Å². The number of hydrogen-bond acceptors (Lipinski definition) is 4. The van der Waals surface area contributed by atoms with Crippen molar-refractivity contribution in [1.82, 2.24) is 24.5 Å². The minimum atomic E-state index is 0.796. The van der Waals surface area contributed by atoms with Crippen molar-refractivity contribution in [3.8, 4) is 0 Å². The standard InChI is InChI=1S/C16H27N5/c1-18-6-8-20(9-7-18)15-12-19(13-15)11-14-10-17-21-5-3-2-4-16(14)21/h10,15H,2-9,11-13H2,1H3. The third-order valence-electron chi connectivity index (χ3n) is 5.45. The molecule has 0 saturated carbocycles. The molecule has 0 atom stereocenters. The van der Waals surface area contributed by atoms with Crippen molar-refractivity contribution in [3.63, 3.8) is 0 Å². The number of hydrogen-bond donors (Lipinski definition) is 0. The predicted octanol–water partition coefficient (Wildman–Crippen LogP) is 0.651. The number of aromatic nitrogens is 2. The van der Waals surface area contributed by atoms with Crippen LogP contribution >= 0.6 is 0 Å². The Morgan fingerprint density at radius 1 is 1.10 bits per heavy atom. The van der Waals surface area contributed by atoms with Crippen LogP contribution in [0.5, 0.6) is 0 Å². The largest absolute Gasteiger partial charge is 0.304 e. The van der Waals surface area contributed by atoms with Crippen LogP contribution in [0.25, 0.3) is 0 Å². The summed E-state index contributed by atoms with van der Waals surface area (Å²) in [5.74, 6) is 0. The first-order valence-electron chi connectivity index (χ1n) is 8.48. The van der Waals surface area contributed by atoms with Gasteiger partial charge < -0.3 is 4.90 Å². The van der Waals surface area contributed by atoms with Crippen LogP contribution in [0.15, 0.2) is 6.20 Å². The Kier molecular flexibility index (Phi) is 3.73. The van der Waals surface area contributed by atoms with E-state index < -0.39 is 0 Å². The summed E-state index contributed by atoms with van der Waals surface area (Å²) in [7, 11) is 2.23. The topological polar surface area (TPSA) is 27.5 Å². The molecule has 1 aromatic rings. The van der Waals surface area contributed by atoms with Crippen molar-refractivity contribution in [2.75, 3.05) is 46.3 Å². The number of fused-ring (bicyclic) bond motifs is 1. The molecule has 4 heterocycles. The summed E-state index contributed by atoms with van der Waals surface area (Å²) in [4.78, 5) is 7.71. The van der Waals surface area contributed by atoms with Crippen molar-refractivity contribution in [2.45, 2.75) is 38.4 Å². The fraction of sp³-hybridized carbons (Fsp3) is 0.812. The van der Waals surface area contributed by atoms with E-state index in [1.807, 2.05) is 0 Å². The molecule has 0 unspecified atom stereocenters. The normalized spacial score (nSPS) is 25.8. The molecular formula is C16H27N5. The van der Waals surface area contributed by atoms with Gasteiger partial charge in [-0.15, -0.1) is 0 Å². The zero-order valence-electron chi connectivity index (χ0n) is 13.2. The van der Waals surface area contributed by atoms with Crippen LogP contribution in [0.4, 0.5) is 0 Å². The van der Waals surface area contributed by atoms with E-state index in [9.17, 15) is 0 Å². The van der Waals surface area contributed by atoms with Gasteiger partial charge in [-0.2, -0.15) is 5.10 Å². The van der Waals surface area contributed by atoms with Crippen LogP contribution in [-0.2, 0) is 19.5 Å². The van der Waals surface area contributed by atoms with Gasteiger partial charge in [-0.1, -0.05) is 0 Å². The Morgan fingerprint density at radius 3 is 2.71 bits per heavy atom. The molecule has 1 aromatic heterocycles. The average molecular weight is 289 g/mol. The maximum atomic E-state index is 4.56. The number of rotatable bonds is 3. The first kappa shape index (κ1) is 13.7. The number of piperazine rings is 1. The first-order chi connectivity index (χ1) is 10.3. The Bertz CT molecular complexity index is 483. The molecule has 3 aliphatic rings. The highest BCUT2D eigenvalue weighted by molar-refractivity contribution is 5.19.